The Kier molecular flexibility index (Phi) is 5.31. The molecule has 0 saturated heterocycles. The molecule has 0 aliphatic carbocycles. The number of nitrogens with zero attached hydrogens (tertiary/aromatic N) is 2. The van der Waals surface area contributed by atoms with Gasteiger partial charge < -0.3 is 9.47 Å². The number of methoxy groups -OCH3 is 1. The lowest BCUT2D eigenvalue weighted by Gasteiger charge is -2.16. The molecule has 1 heterocycles. The maximum absolute atomic E-state index is 11.6. The number of aryl methyl sites for hydroxylation is 1. The van der Waals surface area contributed by atoms with Crippen molar-refractivity contribution in [1.29, 1.82) is 0 Å². The quantitative estimate of drug-likeness (QED) is 0.458. The summed E-state index contributed by atoms with van der Waals surface area (Å²) in [5.74, 6) is -0.115. The van der Waals surface area contributed by atoms with Gasteiger partial charge in [0.25, 0.3) is 0 Å². The SMILES string of the molecule is COC(=O)c1nc(C)c(C)n1COCC[Si](C)(C)C. The number of carbonyl (C=O) groups excluding carboxylic acids is 1. The fraction of sp³-hybridized carbons (Fsp3) is 0.692. The summed E-state index contributed by atoms with van der Waals surface area (Å²) in [4.78, 5) is 15.9. The van der Waals surface area contributed by atoms with Crippen LogP contribution in [-0.2, 0) is 16.2 Å². The van der Waals surface area contributed by atoms with Crippen molar-refractivity contribution in [2.24, 2.45) is 0 Å². The smallest absolute Gasteiger partial charge is 0.374 e. The van der Waals surface area contributed by atoms with Crippen LogP contribution in [0.5, 0.6) is 0 Å². The molecule has 0 aliphatic heterocycles. The Morgan fingerprint density at radius 1 is 1.32 bits per heavy atom. The van der Waals surface area contributed by atoms with Crippen LogP contribution in [0.1, 0.15) is 22.0 Å². The summed E-state index contributed by atoms with van der Waals surface area (Å²) in [6, 6.07) is 1.10. The molecule has 0 atom stereocenters. The van der Waals surface area contributed by atoms with Crippen LogP contribution in [0.3, 0.4) is 0 Å². The fourth-order valence-electron chi connectivity index (χ4n) is 1.59. The number of rotatable bonds is 6. The molecule has 19 heavy (non-hydrogen) atoms. The van der Waals surface area contributed by atoms with Crippen molar-refractivity contribution in [3.8, 4) is 0 Å². The lowest BCUT2D eigenvalue weighted by molar-refractivity contribution is 0.0528. The largest absolute Gasteiger partial charge is 0.463 e. The second kappa shape index (κ2) is 6.34. The van der Waals surface area contributed by atoms with E-state index >= 15 is 0 Å². The molecule has 0 unspecified atom stereocenters. The molecule has 0 aromatic carbocycles. The van der Waals surface area contributed by atoms with Gasteiger partial charge in [0.2, 0.25) is 5.82 Å². The highest BCUT2D eigenvalue weighted by atomic mass is 28.3. The molecule has 0 aliphatic rings. The van der Waals surface area contributed by atoms with E-state index in [4.69, 9.17) is 9.47 Å². The lowest BCUT2D eigenvalue weighted by Crippen LogP contribution is -2.22. The van der Waals surface area contributed by atoms with E-state index in [2.05, 4.69) is 24.6 Å². The first-order chi connectivity index (χ1) is 8.76. The van der Waals surface area contributed by atoms with Crippen molar-refractivity contribution in [2.45, 2.75) is 46.3 Å². The van der Waals surface area contributed by atoms with E-state index in [1.807, 2.05) is 13.8 Å². The molecule has 0 fully saturated rings. The van der Waals surface area contributed by atoms with E-state index in [-0.39, 0.29) is 0 Å². The monoisotopic (exact) mass is 284 g/mol. The number of imidazole rings is 1. The second-order valence-electron chi connectivity index (χ2n) is 5.87. The molecule has 0 saturated carbocycles. The predicted molar refractivity (Wildman–Crippen MR) is 77.1 cm³/mol. The molecular weight excluding hydrogens is 260 g/mol. The number of carbonyl (C=O) groups is 1. The highest BCUT2D eigenvalue weighted by Crippen LogP contribution is 2.13. The number of esters is 1. The lowest BCUT2D eigenvalue weighted by atomic mass is 10.4. The summed E-state index contributed by atoms with van der Waals surface area (Å²) < 4.78 is 12.2. The molecule has 1 aromatic heterocycles. The molecule has 0 radical (unpaired) electrons. The first-order valence-electron chi connectivity index (χ1n) is 6.46. The van der Waals surface area contributed by atoms with Crippen LogP contribution in [-0.4, -0.2) is 37.3 Å². The summed E-state index contributed by atoms with van der Waals surface area (Å²) >= 11 is 0. The Morgan fingerprint density at radius 3 is 2.47 bits per heavy atom. The molecule has 0 spiro atoms. The van der Waals surface area contributed by atoms with Crippen molar-refractivity contribution in [1.82, 2.24) is 9.55 Å². The third-order valence-electron chi connectivity index (χ3n) is 3.04. The van der Waals surface area contributed by atoms with Crippen LogP contribution in [0.4, 0.5) is 0 Å². The topological polar surface area (TPSA) is 53.3 Å². The number of hydrogen-bond donors (Lipinski definition) is 0. The minimum atomic E-state index is -1.09. The molecule has 0 bridgehead atoms. The van der Waals surface area contributed by atoms with E-state index in [1.165, 1.54) is 7.11 Å². The fourth-order valence-corrected chi connectivity index (χ4v) is 2.35. The van der Waals surface area contributed by atoms with Gasteiger partial charge in [-0.1, -0.05) is 19.6 Å². The Balaban J connectivity index is 2.69. The van der Waals surface area contributed by atoms with E-state index in [0.29, 0.717) is 19.2 Å². The van der Waals surface area contributed by atoms with Crippen LogP contribution in [0.25, 0.3) is 0 Å². The average Bonchev–Trinajstić information content (AvgIpc) is 2.60. The molecule has 0 amide bonds. The Labute approximate surface area is 115 Å². The second-order valence-corrected chi connectivity index (χ2v) is 11.5. The minimum absolute atomic E-state index is 0.311. The molecule has 1 rings (SSSR count). The molecular formula is C13H24N2O3Si. The zero-order chi connectivity index (χ0) is 14.6. The van der Waals surface area contributed by atoms with E-state index in [1.54, 1.807) is 4.57 Å². The Bertz CT molecular complexity index is 449. The normalized spacial score (nSPS) is 11.7. The van der Waals surface area contributed by atoms with Gasteiger partial charge in [0, 0.05) is 20.4 Å². The zero-order valence-corrected chi connectivity index (χ0v) is 13.7. The third kappa shape index (κ3) is 4.47. The van der Waals surface area contributed by atoms with Crippen molar-refractivity contribution >= 4 is 14.0 Å². The number of aromatic nitrogens is 2. The van der Waals surface area contributed by atoms with Crippen LogP contribution in [0.15, 0.2) is 0 Å². The van der Waals surface area contributed by atoms with Gasteiger partial charge in [-0.05, 0) is 19.9 Å². The van der Waals surface area contributed by atoms with Gasteiger partial charge in [0.1, 0.15) is 6.73 Å². The van der Waals surface area contributed by atoms with Gasteiger partial charge >= 0.3 is 5.97 Å². The molecule has 108 valence electrons. The summed E-state index contributed by atoms with van der Waals surface area (Å²) in [6.07, 6.45) is 0. The number of hydrogen-bond acceptors (Lipinski definition) is 4. The first-order valence-corrected chi connectivity index (χ1v) is 10.2. The van der Waals surface area contributed by atoms with Crippen molar-refractivity contribution in [2.75, 3.05) is 13.7 Å². The highest BCUT2D eigenvalue weighted by Gasteiger charge is 2.19. The van der Waals surface area contributed by atoms with Gasteiger partial charge in [-0.25, -0.2) is 9.78 Å². The zero-order valence-electron chi connectivity index (χ0n) is 12.7. The Hall–Kier alpha value is -1.14. The maximum atomic E-state index is 11.6. The van der Waals surface area contributed by atoms with Crippen LogP contribution < -0.4 is 0 Å². The van der Waals surface area contributed by atoms with E-state index in [0.717, 1.165) is 17.4 Å². The first kappa shape index (κ1) is 15.9. The summed E-state index contributed by atoms with van der Waals surface area (Å²) in [7, 11) is 0.272. The van der Waals surface area contributed by atoms with Crippen molar-refractivity contribution in [3.63, 3.8) is 0 Å². The van der Waals surface area contributed by atoms with Gasteiger partial charge in [-0.15, -0.1) is 0 Å². The molecule has 0 N–H and O–H groups in total. The predicted octanol–water partition coefficient (Wildman–Crippen LogP) is 2.60. The molecule has 5 nitrogen and oxygen atoms in total. The van der Waals surface area contributed by atoms with Crippen LogP contribution in [0.2, 0.25) is 25.7 Å². The van der Waals surface area contributed by atoms with Gasteiger partial charge in [0.05, 0.1) is 12.8 Å². The molecule has 1 aromatic rings. The summed E-state index contributed by atoms with van der Waals surface area (Å²) in [6.45, 7) is 11.8. The number of ether oxygens (including phenoxy) is 2. The minimum Gasteiger partial charge on any atom is -0.463 e. The highest BCUT2D eigenvalue weighted by molar-refractivity contribution is 6.76. The summed E-state index contributed by atoms with van der Waals surface area (Å²) in [5.41, 5.74) is 1.77. The van der Waals surface area contributed by atoms with E-state index < -0.39 is 14.0 Å². The van der Waals surface area contributed by atoms with Gasteiger partial charge in [0.15, 0.2) is 0 Å². The van der Waals surface area contributed by atoms with Crippen molar-refractivity contribution < 1.29 is 14.3 Å². The molecule has 6 heteroatoms. The van der Waals surface area contributed by atoms with Gasteiger partial charge in [-0.3, -0.25) is 4.57 Å². The standard InChI is InChI=1S/C13H24N2O3Si/c1-10-11(2)15(12(14-10)13(16)17-3)9-18-7-8-19(4,5)6/h7-9H2,1-6H3. The Morgan fingerprint density at radius 2 is 1.95 bits per heavy atom. The average molecular weight is 284 g/mol. The van der Waals surface area contributed by atoms with Crippen LogP contribution >= 0.6 is 0 Å². The van der Waals surface area contributed by atoms with Crippen LogP contribution in [0, 0.1) is 13.8 Å². The van der Waals surface area contributed by atoms with Gasteiger partial charge in [-0.2, -0.15) is 0 Å². The summed E-state index contributed by atoms with van der Waals surface area (Å²) in [5, 5.41) is 0. The maximum Gasteiger partial charge on any atom is 0.374 e. The third-order valence-corrected chi connectivity index (χ3v) is 4.75. The van der Waals surface area contributed by atoms with Crippen molar-refractivity contribution in [3.05, 3.63) is 17.2 Å². The van der Waals surface area contributed by atoms with E-state index in [9.17, 15) is 4.79 Å².